The summed E-state index contributed by atoms with van der Waals surface area (Å²) >= 11 is 0. The Morgan fingerprint density at radius 1 is 1.33 bits per heavy atom. The molecule has 2 bridgehead atoms. The Kier molecular flexibility index (Phi) is 2.80. The Bertz CT molecular complexity index is 175. The maximum Gasteiger partial charge on any atom is 0.188 e. The molecular weight excluding hydrogens is 178 g/mol. The topological polar surface area (TPSA) is 62.3 Å². The lowest BCUT2D eigenvalue weighted by Gasteiger charge is -2.32. The normalized spacial score (nSPS) is 32.8. The minimum atomic E-state index is 0. The molecule has 2 heterocycles. The van der Waals surface area contributed by atoms with Gasteiger partial charge < -0.3 is 15.4 Å². The van der Waals surface area contributed by atoms with Crippen LogP contribution in [0.3, 0.4) is 0 Å². The van der Waals surface area contributed by atoms with E-state index in [4.69, 9.17) is 15.9 Å². The molecule has 2 aliphatic rings. The first-order valence-electron chi connectivity index (χ1n) is 4.00. The lowest BCUT2D eigenvalue weighted by atomic mass is 10.2. The van der Waals surface area contributed by atoms with Gasteiger partial charge in [-0.05, 0) is 12.8 Å². The number of halogens is 1. The molecule has 0 aliphatic carbocycles. The molecule has 0 spiro atoms. The van der Waals surface area contributed by atoms with Crippen molar-refractivity contribution in [2.75, 3.05) is 13.1 Å². The molecule has 2 unspecified atom stereocenters. The molecule has 5 heteroatoms. The molecule has 2 fully saturated rings. The van der Waals surface area contributed by atoms with Gasteiger partial charge in [0, 0.05) is 13.1 Å². The third-order valence-corrected chi connectivity index (χ3v) is 2.38. The van der Waals surface area contributed by atoms with Crippen LogP contribution in [0, 0.1) is 5.41 Å². The molecule has 0 amide bonds. The van der Waals surface area contributed by atoms with Crippen LogP contribution in [0.2, 0.25) is 0 Å². The Labute approximate surface area is 78.0 Å². The highest BCUT2D eigenvalue weighted by atomic mass is 35.5. The van der Waals surface area contributed by atoms with Gasteiger partial charge in [-0.25, -0.2) is 0 Å². The van der Waals surface area contributed by atoms with E-state index < -0.39 is 0 Å². The number of ether oxygens (including phenoxy) is 1. The van der Waals surface area contributed by atoms with E-state index in [1.807, 2.05) is 4.90 Å². The van der Waals surface area contributed by atoms with Gasteiger partial charge in [0.2, 0.25) is 0 Å². The van der Waals surface area contributed by atoms with E-state index in [2.05, 4.69) is 0 Å². The zero-order valence-electron chi connectivity index (χ0n) is 6.82. The number of fused-ring (bicyclic) bond motifs is 2. The first kappa shape index (κ1) is 9.61. The molecule has 12 heavy (non-hydrogen) atoms. The SMILES string of the molecule is Cl.N=C(N)N1CC2CCC(C1)O2. The van der Waals surface area contributed by atoms with Gasteiger partial charge in [0.1, 0.15) is 0 Å². The van der Waals surface area contributed by atoms with Gasteiger partial charge in [0.15, 0.2) is 5.96 Å². The Morgan fingerprint density at radius 3 is 2.25 bits per heavy atom. The largest absolute Gasteiger partial charge is 0.371 e. The number of rotatable bonds is 0. The third kappa shape index (κ3) is 1.64. The molecule has 0 radical (unpaired) electrons. The highest BCUT2D eigenvalue weighted by molar-refractivity contribution is 5.85. The monoisotopic (exact) mass is 191 g/mol. The van der Waals surface area contributed by atoms with Crippen LogP contribution in [0.5, 0.6) is 0 Å². The molecule has 0 aromatic carbocycles. The smallest absolute Gasteiger partial charge is 0.188 e. The Hall–Kier alpha value is -0.480. The van der Waals surface area contributed by atoms with Gasteiger partial charge in [0.25, 0.3) is 0 Å². The summed E-state index contributed by atoms with van der Waals surface area (Å²) in [7, 11) is 0. The van der Waals surface area contributed by atoms with E-state index in [1.165, 1.54) is 0 Å². The molecular formula is C7H14ClN3O. The van der Waals surface area contributed by atoms with Crippen molar-refractivity contribution in [2.45, 2.75) is 25.0 Å². The minimum Gasteiger partial charge on any atom is -0.371 e. The number of nitrogens with zero attached hydrogens (tertiary/aromatic N) is 1. The zero-order valence-corrected chi connectivity index (χ0v) is 7.64. The average molecular weight is 192 g/mol. The van der Waals surface area contributed by atoms with Crippen LogP contribution in [0.15, 0.2) is 0 Å². The highest BCUT2D eigenvalue weighted by Crippen LogP contribution is 2.25. The van der Waals surface area contributed by atoms with Crippen molar-refractivity contribution in [3.8, 4) is 0 Å². The fourth-order valence-corrected chi connectivity index (χ4v) is 1.81. The number of guanidine groups is 1. The van der Waals surface area contributed by atoms with Crippen LogP contribution < -0.4 is 5.73 Å². The fraction of sp³-hybridized carbons (Fsp3) is 0.857. The molecule has 70 valence electrons. The summed E-state index contributed by atoms with van der Waals surface area (Å²) in [6, 6.07) is 0. The van der Waals surface area contributed by atoms with Gasteiger partial charge in [-0.15, -0.1) is 12.4 Å². The first-order chi connectivity index (χ1) is 5.25. The third-order valence-electron chi connectivity index (χ3n) is 2.38. The highest BCUT2D eigenvalue weighted by Gasteiger charge is 2.33. The molecule has 2 aliphatic heterocycles. The summed E-state index contributed by atoms with van der Waals surface area (Å²) in [6.07, 6.45) is 2.93. The number of likely N-dealkylation sites (tertiary alicyclic amines) is 1. The fourth-order valence-electron chi connectivity index (χ4n) is 1.81. The lowest BCUT2D eigenvalue weighted by Crippen LogP contribution is -2.48. The Morgan fingerprint density at radius 2 is 1.83 bits per heavy atom. The molecule has 2 rings (SSSR count). The molecule has 2 saturated heterocycles. The van der Waals surface area contributed by atoms with Crippen LogP contribution in [0.1, 0.15) is 12.8 Å². The van der Waals surface area contributed by atoms with Crippen molar-refractivity contribution >= 4 is 18.4 Å². The summed E-state index contributed by atoms with van der Waals surface area (Å²) in [5.74, 6) is 0.185. The van der Waals surface area contributed by atoms with Crippen molar-refractivity contribution in [3.63, 3.8) is 0 Å². The standard InChI is InChI=1S/C7H13N3O.ClH/c8-7(9)10-3-5-1-2-6(4-10)11-5;/h5-6H,1-4H2,(H3,8,9);1H. The Balaban J connectivity index is 0.000000720. The number of nitrogens with two attached hydrogens (primary N) is 1. The van der Waals surface area contributed by atoms with Crippen molar-refractivity contribution < 1.29 is 4.74 Å². The zero-order chi connectivity index (χ0) is 7.84. The molecule has 3 N–H and O–H groups in total. The predicted molar refractivity (Wildman–Crippen MR) is 48.6 cm³/mol. The van der Waals surface area contributed by atoms with Crippen LogP contribution in [-0.2, 0) is 4.74 Å². The molecule has 0 aromatic rings. The van der Waals surface area contributed by atoms with Gasteiger partial charge in [0.05, 0.1) is 12.2 Å². The summed E-state index contributed by atoms with van der Waals surface area (Å²) in [4.78, 5) is 1.89. The number of hydrogen-bond donors (Lipinski definition) is 2. The summed E-state index contributed by atoms with van der Waals surface area (Å²) in [5, 5.41) is 7.24. The van der Waals surface area contributed by atoms with Crippen molar-refractivity contribution in [1.29, 1.82) is 5.41 Å². The maximum absolute atomic E-state index is 7.24. The minimum absolute atomic E-state index is 0. The van der Waals surface area contributed by atoms with E-state index in [1.54, 1.807) is 0 Å². The van der Waals surface area contributed by atoms with E-state index in [-0.39, 0.29) is 18.4 Å². The summed E-state index contributed by atoms with van der Waals surface area (Å²) in [5.41, 5.74) is 5.37. The van der Waals surface area contributed by atoms with Crippen LogP contribution in [0.4, 0.5) is 0 Å². The number of nitrogens with one attached hydrogen (secondary N) is 1. The summed E-state index contributed by atoms with van der Waals surface area (Å²) in [6.45, 7) is 1.62. The van der Waals surface area contributed by atoms with E-state index >= 15 is 0 Å². The number of morpholine rings is 1. The van der Waals surface area contributed by atoms with E-state index in [0.29, 0.717) is 12.2 Å². The molecule has 2 atom stereocenters. The second-order valence-corrected chi connectivity index (χ2v) is 3.25. The van der Waals surface area contributed by atoms with Crippen LogP contribution >= 0.6 is 12.4 Å². The van der Waals surface area contributed by atoms with E-state index in [0.717, 1.165) is 25.9 Å². The average Bonchev–Trinajstić information content (AvgIpc) is 2.30. The van der Waals surface area contributed by atoms with Crippen LogP contribution in [0.25, 0.3) is 0 Å². The van der Waals surface area contributed by atoms with Gasteiger partial charge in [-0.3, -0.25) is 5.41 Å². The number of hydrogen-bond acceptors (Lipinski definition) is 2. The molecule has 0 saturated carbocycles. The molecule has 4 nitrogen and oxygen atoms in total. The second kappa shape index (κ2) is 3.49. The van der Waals surface area contributed by atoms with Gasteiger partial charge in [-0.2, -0.15) is 0 Å². The van der Waals surface area contributed by atoms with Crippen molar-refractivity contribution in [1.82, 2.24) is 4.90 Å². The quantitative estimate of drug-likeness (QED) is 0.424. The van der Waals surface area contributed by atoms with Crippen LogP contribution in [-0.4, -0.2) is 36.2 Å². The summed E-state index contributed by atoms with van der Waals surface area (Å²) < 4.78 is 5.58. The first-order valence-corrected chi connectivity index (χ1v) is 4.00. The van der Waals surface area contributed by atoms with Crippen molar-refractivity contribution in [2.24, 2.45) is 5.73 Å². The van der Waals surface area contributed by atoms with E-state index in [9.17, 15) is 0 Å². The van der Waals surface area contributed by atoms with Gasteiger partial charge >= 0.3 is 0 Å². The van der Waals surface area contributed by atoms with Gasteiger partial charge in [-0.1, -0.05) is 0 Å². The maximum atomic E-state index is 7.24. The predicted octanol–water partition coefficient (Wildman–Crippen LogP) is 0.165. The lowest BCUT2D eigenvalue weighted by molar-refractivity contribution is -0.0163. The second-order valence-electron chi connectivity index (χ2n) is 3.25. The molecule has 0 aromatic heterocycles. The van der Waals surface area contributed by atoms with Crippen molar-refractivity contribution in [3.05, 3.63) is 0 Å².